The van der Waals surface area contributed by atoms with Crippen LogP contribution < -0.4 is 10.4 Å². The van der Waals surface area contributed by atoms with E-state index in [0.717, 1.165) is 0 Å². The molecule has 0 amide bonds. The van der Waals surface area contributed by atoms with Gasteiger partial charge >= 0.3 is 0 Å². The maximum Gasteiger partial charge on any atom is 0.176 e. The van der Waals surface area contributed by atoms with E-state index < -0.39 is 16.9 Å². The largest absolute Gasteiger partial charge is 0.210 e. The van der Waals surface area contributed by atoms with Crippen molar-refractivity contribution >= 4 is 36.6 Å². The minimum Gasteiger partial charge on any atom is -0.210 e. The zero-order valence-electron chi connectivity index (χ0n) is 15.0. The first-order valence-electron chi connectivity index (χ1n) is 8.96. The molecule has 0 saturated heterocycles. The molecule has 130 valence electrons. The molecule has 0 spiro atoms. The fraction of sp³-hybridized carbons (Fsp3) is 0. The van der Waals surface area contributed by atoms with Gasteiger partial charge in [-0.05, 0) is 20.2 Å². The molecule has 0 aromatic heterocycles. The SMILES string of the molecule is [Si]S(c1ccccc1)(c1ccccc1)[Si](c1ccccc1)c1ccccc1. The summed E-state index contributed by atoms with van der Waals surface area (Å²) in [6, 6.07) is 43.8. The number of benzene rings is 4. The van der Waals surface area contributed by atoms with Gasteiger partial charge in [0.2, 0.25) is 0 Å². The highest BCUT2D eigenvalue weighted by Crippen LogP contribution is 2.60. The quantitative estimate of drug-likeness (QED) is 0.425. The van der Waals surface area contributed by atoms with Gasteiger partial charge in [0.15, 0.2) is 7.95 Å². The van der Waals surface area contributed by atoms with Crippen LogP contribution in [0.5, 0.6) is 0 Å². The Balaban J connectivity index is 2.01. The Morgan fingerprint density at radius 3 is 1.07 bits per heavy atom. The van der Waals surface area contributed by atoms with Crippen molar-refractivity contribution in [1.82, 2.24) is 0 Å². The first-order valence-corrected chi connectivity index (χ1v) is 14.0. The summed E-state index contributed by atoms with van der Waals surface area (Å²) in [5.74, 6) is 0. The molecule has 0 atom stereocenters. The molecule has 0 nitrogen and oxygen atoms in total. The summed E-state index contributed by atoms with van der Waals surface area (Å²) in [4.78, 5) is 2.74. The van der Waals surface area contributed by atoms with Crippen molar-refractivity contribution in [2.75, 3.05) is 0 Å². The zero-order chi connectivity index (χ0) is 18.5. The lowest BCUT2D eigenvalue weighted by Gasteiger charge is -2.43. The van der Waals surface area contributed by atoms with Crippen LogP contribution in [0.1, 0.15) is 0 Å². The average molecular weight is 397 g/mol. The number of hydrogen-bond donors (Lipinski definition) is 0. The van der Waals surface area contributed by atoms with E-state index in [9.17, 15) is 0 Å². The molecule has 0 aliphatic carbocycles. The standard InChI is InChI=1S/C24H20SSi2/c26-25(21-13-5-1-6-14-21,22-15-7-2-8-16-22)27(23-17-9-3-10-18-23)24-19-11-4-12-20-24/h1-20H. The van der Waals surface area contributed by atoms with Crippen molar-refractivity contribution in [2.45, 2.75) is 9.79 Å². The van der Waals surface area contributed by atoms with Crippen LogP contribution in [0.2, 0.25) is 0 Å². The van der Waals surface area contributed by atoms with E-state index in [1.807, 2.05) is 0 Å². The third kappa shape index (κ3) is 3.58. The highest BCUT2D eigenvalue weighted by molar-refractivity contribution is 8.69. The normalized spacial score (nSPS) is 12.1. The van der Waals surface area contributed by atoms with Crippen molar-refractivity contribution in [1.29, 1.82) is 0 Å². The molecule has 0 N–H and O–H groups in total. The zero-order valence-corrected chi connectivity index (χ0v) is 17.8. The maximum atomic E-state index is 4.44. The lowest BCUT2D eigenvalue weighted by Crippen LogP contribution is -2.46. The molecule has 0 bridgehead atoms. The van der Waals surface area contributed by atoms with Crippen LogP contribution in [0.3, 0.4) is 0 Å². The van der Waals surface area contributed by atoms with E-state index in [1.165, 1.54) is 20.2 Å². The first-order chi connectivity index (χ1) is 13.3. The third-order valence-electron chi connectivity index (χ3n) is 4.57. The van der Waals surface area contributed by atoms with E-state index >= 15 is 0 Å². The molecule has 0 aliphatic rings. The van der Waals surface area contributed by atoms with E-state index in [4.69, 9.17) is 0 Å². The summed E-state index contributed by atoms with van der Waals surface area (Å²) in [5, 5.41) is 2.85. The highest BCUT2D eigenvalue weighted by Gasteiger charge is 2.37. The molecule has 4 rings (SSSR count). The van der Waals surface area contributed by atoms with E-state index in [0.29, 0.717) is 0 Å². The molecule has 0 heterocycles. The lowest BCUT2D eigenvalue weighted by molar-refractivity contribution is 1.39. The van der Waals surface area contributed by atoms with Crippen LogP contribution in [0, 0.1) is 0 Å². The predicted octanol–water partition coefficient (Wildman–Crippen LogP) is 4.80. The van der Waals surface area contributed by atoms with Crippen molar-refractivity contribution in [3.05, 3.63) is 121 Å². The van der Waals surface area contributed by atoms with E-state index in [1.54, 1.807) is 0 Å². The Morgan fingerprint density at radius 2 is 0.741 bits per heavy atom. The minimum atomic E-state index is -1.44. The highest BCUT2D eigenvalue weighted by atomic mass is 32.6. The van der Waals surface area contributed by atoms with E-state index in [-0.39, 0.29) is 0 Å². The minimum absolute atomic E-state index is 1.14. The predicted molar refractivity (Wildman–Crippen MR) is 121 cm³/mol. The topological polar surface area (TPSA) is 0 Å². The van der Waals surface area contributed by atoms with Gasteiger partial charge in [-0.15, -0.1) is 0 Å². The lowest BCUT2D eigenvalue weighted by atomic mass is 10.4. The second-order valence-corrected chi connectivity index (χ2v) is 16.4. The van der Waals surface area contributed by atoms with Gasteiger partial charge in [-0.1, -0.05) is 121 Å². The molecule has 0 saturated carbocycles. The van der Waals surface area contributed by atoms with Gasteiger partial charge in [-0.25, -0.2) is 8.93 Å². The van der Waals surface area contributed by atoms with Crippen LogP contribution >= 0.6 is 8.93 Å². The van der Waals surface area contributed by atoms with Gasteiger partial charge in [0.05, 0.1) is 0 Å². The molecule has 0 aliphatic heterocycles. The second kappa shape index (κ2) is 8.13. The van der Waals surface area contributed by atoms with Gasteiger partial charge in [0.25, 0.3) is 0 Å². The smallest absolute Gasteiger partial charge is 0.176 e. The van der Waals surface area contributed by atoms with Gasteiger partial charge < -0.3 is 0 Å². The molecular weight excluding hydrogens is 377 g/mol. The summed E-state index contributed by atoms with van der Waals surface area (Å²) < 4.78 is 0. The van der Waals surface area contributed by atoms with Gasteiger partial charge in [-0.2, -0.15) is 0 Å². The molecular formula is C24H20SSi2. The van der Waals surface area contributed by atoms with Crippen LogP contribution in [-0.2, 0) is 0 Å². The monoisotopic (exact) mass is 396 g/mol. The molecule has 4 aromatic carbocycles. The summed E-state index contributed by atoms with van der Waals surface area (Å²) in [6.45, 7) is 0. The summed E-state index contributed by atoms with van der Waals surface area (Å²) >= 11 is 0. The molecule has 4 aromatic rings. The van der Waals surface area contributed by atoms with Crippen molar-refractivity contribution in [3.63, 3.8) is 0 Å². The molecule has 4 radical (unpaired) electrons. The average Bonchev–Trinajstić information content (AvgIpc) is 2.76. The second-order valence-electron chi connectivity index (χ2n) is 6.30. The summed E-state index contributed by atoms with van der Waals surface area (Å²) in [7, 11) is 1.86. The summed E-state index contributed by atoms with van der Waals surface area (Å²) in [5.41, 5.74) is 0. The van der Waals surface area contributed by atoms with Crippen LogP contribution in [0.25, 0.3) is 0 Å². The maximum absolute atomic E-state index is 4.44. The molecule has 27 heavy (non-hydrogen) atoms. The Bertz CT molecular complexity index is 895. The van der Waals surface area contributed by atoms with Gasteiger partial charge in [0, 0.05) is 0 Å². The summed E-state index contributed by atoms with van der Waals surface area (Å²) in [6.07, 6.45) is 0. The van der Waals surface area contributed by atoms with Crippen LogP contribution in [0.4, 0.5) is 0 Å². The van der Waals surface area contributed by atoms with Gasteiger partial charge in [-0.3, -0.25) is 0 Å². The van der Waals surface area contributed by atoms with Crippen molar-refractivity contribution < 1.29 is 0 Å². The Kier molecular flexibility index (Phi) is 5.43. The third-order valence-corrected chi connectivity index (χ3v) is 16.8. The van der Waals surface area contributed by atoms with Crippen LogP contribution in [0.15, 0.2) is 131 Å². The number of hydrogen-bond acceptors (Lipinski definition) is 0. The van der Waals surface area contributed by atoms with Crippen LogP contribution in [-0.4, -0.2) is 17.3 Å². The first kappa shape index (κ1) is 18.0. The Hall–Kier alpha value is -2.34. The fourth-order valence-electron chi connectivity index (χ4n) is 3.32. The van der Waals surface area contributed by atoms with E-state index in [2.05, 4.69) is 131 Å². The van der Waals surface area contributed by atoms with Gasteiger partial charge in [0.1, 0.15) is 9.39 Å². The Labute approximate surface area is 167 Å². The molecule has 0 unspecified atom stereocenters. The molecule has 0 fully saturated rings. The Morgan fingerprint density at radius 1 is 0.444 bits per heavy atom. The van der Waals surface area contributed by atoms with Crippen molar-refractivity contribution in [2.24, 2.45) is 0 Å². The molecule has 3 heteroatoms. The van der Waals surface area contributed by atoms with Crippen molar-refractivity contribution in [3.8, 4) is 0 Å². The fourth-order valence-corrected chi connectivity index (χ4v) is 15.3. The number of rotatable bonds is 5.